The molecule has 4 N–H and O–H groups in total. The van der Waals surface area contributed by atoms with Crippen LogP contribution in [-0.2, 0) is 0 Å². The van der Waals surface area contributed by atoms with E-state index >= 15 is 0 Å². The lowest BCUT2D eigenvalue weighted by Crippen LogP contribution is -2.02. The first kappa shape index (κ1) is 19.6. The van der Waals surface area contributed by atoms with Crippen molar-refractivity contribution in [3.8, 4) is 22.6 Å². The fourth-order valence-corrected chi connectivity index (χ4v) is 3.33. The summed E-state index contributed by atoms with van der Waals surface area (Å²) in [7, 11) is 1.65. The maximum Gasteiger partial charge on any atom is 0.153 e. The van der Waals surface area contributed by atoms with Crippen molar-refractivity contribution in [2.75, 3.05) is 24.8 Å². The number of aromatic nitrogens is 3. The topological polar surface area (TPSA) is 98.1 Å². The predicted octanol–water partition coefficient (Wildman–Crippen LogP) is 5.14. The number of nitrogen functional groups attached to an aromatic ring is 1. The number of fused-ring (bicyclic) bond motifs is 1. The summed E-state index contributed by atoms with van der Waals surface area (Å²) in [5, 5.41) is 12.1. The highest BCUT2D eigenvalue weighted by Gasteiger charge is 2.16. The van der Waals surface area contributed by atoms with Gasteiger partial charge in [0, 0.05) is 28.6 Å². The number of ether oxygens (including phenoxy) is 2. The molecule has 0 amide bonds. The number of nitrogens with two attached hydrogens (primary N) is 1. The van der Waals surface area contributed by atoms with Crippen molar-refractivity contribution in [1.82, 2.24) is 15.2 Å². The number of pyridine rings is 1. The van der Waals surface area contributed by atoms with Crippen LogP contribution in [0.4, 0.5) is 17.5 Å². The maximum absolute atomic E-state index is 6.28. The van der Waals surface area contributed by atoms with Crippen LogP contribution < -0.4 is 20.5 Å². The Morgan fingerprint density at radius 2 is 1.83 bits per heavy atom. The Kier molecular flexibility index (Phi) is 5.70. The molecule has 0 spiro atoms. The highest BCUT2D eigenvalue weighted by atomic mass is 16.5. The standard InChI is InChI=1S/C23H25N5O2/c1-3-4-13-30-16-7-5-15(6-8-16)21-19-14-17(29-2)9-10-18(19)22(24)27-23(21)26-20-11-12-25-28-20/h5-12,14H,3-4,13H2,1-2H3,(H4,24,25,26,27,28). The van der Waals surface area contributed by atoms with E-state index < -0.39 is 0 Å². The average molecular weight is 403 g/mol. The minimum atomic E-state index is 0.439. The molecule has 0 aliphatic carbocycles. The number of hydrogen-bond acceptors (Lipinski definition) is 6. The van der Waals surface area contributed by atoms with Gasteiger partial charge < -0.3 is 20.5 Å². The van der Waals surface area contributed by atoms with Gasteiger partial charge >= 0.3 is 0 Å². The van der Waals surface area contributed by atoms with E-state index in [0.717, 1.165) is 46.2 Å². The maximum atomic E-state index is 6.28. The molecule has 0 aliphatic heterocycles. The Morgan fingerprint density at radius 1 is 1.03 bits per heavy atom. The summed E-state index contributed by atoms with van der Waals surface area (Å²) >= 11 is 0. The molecule has 0 aliphatic rings. The molecule has 30 heavy (non-hydrogen) atoms. The molecular weight excluding hydrogens is 378 g/mol. The van der Waals surface area contributed by atoms with E-state index in [1.165, 1.54) is 0 Å². The molecule has 0 unspecified atom stereocenters. The van der Waals surface area contributed by atoms with E-state index in [1.54, 1.807) is 13.3 Å². The summed E-state index contributed by atoms with van der Waals surface area (Å²) in [4.78, 5) is 4.63. The van der Waals surface area contributed by atoms with Crippen LogP contribution in [0.15, 0.2) is 54.7 Å². The predicted molar refractivity (Wildman–Crippen MR) is 120 cm³/mol. The van der Waals surface area contributed by atoms with Crippen molar-refractivity contribution in [3.63, 3.8) is 0 Å². The number of methoxy groups -OCH3 is 1. The van der Waals surface area contributed by atoms with Crippen LogP contribution >= 0.6 is 0 Å². The quantitative estimate of drug-likeness (QED) is 0.353. The van der Waals surface area contributed by atoms with E-state index in [2.05, 4.69) is 27.4 Å². The molecule has 0 atom stereocenters. The molecular formula is C23H25N5O2. The van der Waals surface area contributed by atoms with E-state index in [0.29, 0.717) is 24.1 Å². The zero-order valence-electron chi connectivity index (χ0n) is 17.1. The summed E-state index contributed by atoms with van der Waals surface area (Å²) in [6.45, 7) is 2.86. The lowest BCUT2D eigenvalue weighted by molar-refractivity contribution is 0.309. The van der Waals surface area contributed by atoms with Crippen LogP contribution in [0.5, 0.6) is 11.5 Å². The molecule has 7 nitrogen and oxygen atoms in total. The lowest BCUT2D eigenvalue weighted by Gasteiger charge is -2.16. The molecule has 0 bridgehead atoms. The van der Waals surface area contributed by atoms with Crippen molar-refractivity contribution in [2.24, 2.45) is 0 Å². The second-order valence-corrected chi connectivity index (χ2v) is 6.94. The molecule has 7 heteroatoms. The van der Waals surface area contributed by atoms with Crippen LogP contribution in [0.2, 0.25) is 0 Å². The van der Waals surface area contributed by atoms with Gasteiger partial charge in [0.1, 0.15) is 23.1 Å². The number of unbranched alkanes of at least 4 members (excludes halogenated alkanes) is 1. The van der Waals surface area contributed by atoms with E-state index in [-0.39, 0.29) is 0 Å². The highest BCUT2D eigenvalue weighted by molar-refractivity contribution is 6.06. The molecule has 4 aromatic rings. The number of aromatic amines is 1. The molecule has 154 valence electrons. The Balaban J connectivity index is 1.83. The number of hydrogen-bond donors (Lipinski definition) is 3. The molecule has 0 saturated carbocycles. The number of H-pyrrole nitrogens is 1. The fourth-order valence-electron chi connectivity index (χ4n) is 3.33. The molecule has 0 saturated heterocycles. The van der Waals surface area contributed by atoms with Crippen LogP contribution in [0.1, 0.15) is 19.8 Å². The van der Waals surface area contributed by atoms with Gasteiger partial charge in [-0.05, 0) is 42.3 Å². The van der Waals surface area contributed by atoms with Gasteiger partial charge in [-0.25, -0.2) is 4.98 Å². The van der Waals surface area contributed by atoms with Gasteiger partial charge in [-0.1, -0.05) is 25.5 Å². The number of rotatable bonds is 8. The molecule has 2 aromatic heterocycles. The van der Waals surface area contributed by atoms with Gasteiger partial charge in [0.15, 0.2) is 5.82 Å². The third-order valence-corrected chi connectivity index (χ3v) is 4.90. The summed E-state index contributed by atoms with van der Waals surface area (Å²) in [6, 6.07) is 15.6. The van der Waals surface area contributed by atoms with Crippen molar-refractivity contribution in [2.45, 2.75) is 19.8 Å². The first-order valence-electron chi connectivity index (χ1n) is 9.97. The van der Waals surface area contributed by atoms with Crippen LogP contribution in [0.3, 0.4) is 0 Å². The van der Waals surface area contributed by atoms with E-state index in [9.17, 15) is 0 Å². The van der Waals surface area contributed by atoms with Crippen LogP contribution in [0.25, 0.3) is 21.9 Å². The highest BCUT2D eigenvalue weighted by Crippen LogP contribution is 2.39. The van der Waals surface area contributed by atoms with Crippen LogP contribution in [-0.4, -0.2) is 28.9 Å². The number of benzene rings is 2. The van der Waals surface area contributed by atoms with Gasteiger partial charge in [0.05, 0.1) is 13.7 Å². The minimum absolute atomic E-state index is 0.439. The molecule has 0 radical (unpaired) electrons. The second-order valence-electron chi connectivity index (χ2n) is 6.94. The average Bonchev–Trinajstić information content (AvgIpc) is 3.27. The van der Waals surface area contributed by atoms with Gasteiger partial charge in [-0.3, -0.25) is 5.10 Å². The van der Waals surface area contributed by atoms with Crippen molar-refractivity contribution in [1.29, 1.82) is 0 Å². The zero-order valence-corrected chi connectivity index (χ0v) is 17.1. The molecule has 2 aromatic carbocycles. The summed E-state index contributed by atoms with van der Waals surface area (Å²) in [5.74, 6) is 3.32. The second kappa shape index (κ2) is 8.73. The Labute approximate surface area is 175 Å². The van der Waals surface area contributed by atoms with Crippen molar-refractivity contribution in [3.05, 3.63) is 54.7 Å². The zero-order chi connectivity index (χ0) is 20.9. The monoisotopic (exact) mass is 403 g/mol. The molecule has 2 heterocycles. The van der Waals surface area contributed by atoms with Gasteiger partial charge in [0.2, 0.25) is 0 Å². The van der Waals surface area contributed by atoms with Crippen LogP contribution in [0, 0.1) is 0 Å². The normalized spacial score (nSPS) is 10.9. The Hall–Kier alpha value is -3.74. The van der Waals surface area contributed by atoms with E-state index in [4.69, 9.17) is 15.2 Å². The Bertz CT molecular complexity index is 1120. The number of anilines is 3. The first-order valence-corrected chi connectivity index (χ1v) is 9.97. The third-order valence-electron chi connectivity index (χ3n) is 4.90. The summed E-state index contributed by atoms with van der Waals surface area (Å²) in [6.07, 6.45) is 3.88. The van der Waals surface area contributed by atoms with Crippen molar-refractivity contribution >= 4 is 28.2 Å². The third kappa shape index (κ3) is 4.00. The fraction of sp³-hybridized carbons (Fsp3) is 0.217. The number of nitrogens with one attached hydrogen (secondary N) is 2. The van der Waals surface area contributed by atoms with E-state index in [1.807, 2.05) is 48.5 Å². The number of nitrogens with zero attached hydrogens (tertiary/aromatic N) is 2. The largest absolute Gasteiger partial charge is 0.497 e. The minimum Gasteiger partial charge on any atom is -0.497 e. The molecule has 4 rings (SSSR count). The lowest BCUT2D eigenvalue weighted by atomic mass is 9.98. The Morgan fingerprint density at radius 3 is 2.53 bits per heavy atom. The van der Waals surface area contributed by atoms with Gasteiger partial charge in [-0.2, -0.15) is 5.10 Å². The van der Waals surface area contributed by atoms with Gasteiger partial charge in [0.25, 0.3) is 0 Å². The first-order chi connectivity index (χ1) is 14.7. The van der Waals surface area contributed by atoms with Crippen molar-refractivity contribution < 1.29 is 9.47 Å². The summed E-state index contributed by atoms with van der Waals surface area (Å²) < 4.78 is 11.3. The van der Waals surface area contributed by atoms with Gasteiger partial charge in [-0.15, -0.1) is 0 Å². The molecule has 0 fully saturated rings. The SMILES string of the molecule is CCCCOc1ccc(-c2c(Nc3cc[nH]n3)nc(N)c3ccc(OC)cc23)cc1. The smallest absolute Gasteiger partial charge is 0.153 e. The summed E-state index contributed by atoms with van der Waals surface area (Å²) in [5.41, 5.74) is 8.18.